The van der Waals surface area contributed by atoms with Crippen LogP contribution in [-0.4, -0.2) is 47.6 Å². The Bertz CT molecular complexity index is 493. The number of hydrogen-bond acceptors (Lipinski definition) is 3. The number of carboxylic acid groups (broad SMARTS) is 1. The van der Waals surface area contributed by atoms with Gasteiger partial charge in [-0.3, -0.25) is 0 Å². The van der Waals surface area contributed by atoms with E-state index in [0.29, 0.717) is 0 Å². The van der Waals surface area contributed by atoms with E-state index in [1.54, 1.807) is 0 Å². The van der Waals surface area contributed by atoms with Gasteiger partial charge < -0.3 is 6.53 Å². The first-order valence-electron chi connectivity index (χ1n) is 4.70. The molecule has 18 heteroatoms. The summed E-state index contributed by atoms with van der Waals surface area (Å²) in [6, 6.07) is 0. The van der Waals surface area contributed by atoms with E-state index >= 15 is 0 Å². The molecule has 0 saturated carbocycles. The monoisotopic (exact) mass is 420 g/mol. The van der Waals surface area contributed by atoms with Gasteiger partial charge in [-0.25, -0.2) is 14.3 Å². The minimum absolute atomic E-state index is 0. The fraction of sp³-hybridized carbons (Fsp3) is 0.857. The summed E-state index contributed by atoms with van der Waals surface area (Å²) in [5.41, 5.74) is 0. The van der Waals surface area contributed by atoms with E-state index in [2.05, 4.69) is 0 Å². The van der Waals surface area contributed by atoms with Gasteiger partial charge in [0.05, 0.1) is 0 Å². The maximum absolute atomic E-state index is 12.7. The van der Waals surface area contributed by atoms with Gasteiger partial charge in [-0.15, -0.1) is 13.2 Å². The molecule has 0 amide bonds. The first-order valence-corrected chi connectivity index (χ1v) is 4.70. The van der Waals surface area contributed by atoms with Crippen LogP contribution < -0.4 is 29.6 Å². The van der Waals surface area contributed by atoms with Crippen molar-refractivity contribution in [2.75, 3.05) is 0 Å². The Labute approximate surface area is 150 Å². The molecular weight excluding hydrogens is 418 g/mol. The molecule has 25 heavy (non-hydrogen) atoms. The largest absolute Gasteiger partial charge is 1.00 e. The molecule has 0 aromatic rings. The Hall–Kier alpha value is -0.520. The summed E-state index contributed by atoms with van der Waals surface area (Å²) in [6.45, 7) is 0. The molecule has 0 atom stereocenters. The van der Waals surface area contributed by atoms with Crippen molar-refractivity contribution >= 4 is 5.97 Å². The van der Waals surface area contributed by atoms with Gasteiger partial charge in [0.2, 0.25) is 0 Å². The zero-order chi connectivity index (χ0) is 20.0. The Morgan fingerprint density at radius 1 is 0.680 bits per heavy atom. The molecule has 4 nitrogen and oxygen atoms in total. The molecule has 0 spiro atoms. The second kappa shape index (κ2) is 7.24. The number of halogens is 13. The van der Waals surface area contributed by atoms with Gasteiger partial charge in [0.25, 0.3) is 0 Å². The number of aliphatic carboxylic acids is 1. The molecular formula is C7H2F13NaO4. The van der Waals surface area contributed by atoms with Gasteiger partial charge in [-0.2, -0.15) is 43.9 Å². The van der Waals surface area contributed by atoms with Crippen molar-refractivity contribution in [3.8, 4) is 0 Å². The Morgan fingerprint density at radius 2 is 1.00 bits per heavy atom. The summed E-state index contributed by atoms with van der Waals surface area (Å²) in [5.74, 6) is -18.1. The Balaban J connectivity index is -0.00000264. The number of ether oxygens (including phenoxy) is 2. The van der Waals surface area contributed by atoms with E-state index < -0.39 is 42.5 Å². The summed E-state index contributed by atoms with van der Waals surface area (Å²) in [4.78, 5) is 9.72. The van der Waals surface area contributed by atoms with Gasteiger partial charge in [0, 0.05) is 0 Å². The normalized spacial score (nSPS) is 14.9. The van der Waals surface area contributed by atoms with Gasteiger partial charge in [0.1, 0.15) is 0 Å². The van der Waals surface area contributed by atoms with Crippen molar-refractivity contribution in [1.82, 2.24) is 0 Å². The number of carbonyl (C=O) groups is 1. The van der Waals surface area contributed by atoms with E-state index in [1.807, 2.05) is 0 Å². The van der Waals surface area contributed by atoms with E-state index in [9.17, 15) is 61.9 Å². The molecule has 0 rings (SSSR count). The first-order chi connectivity index (χ1) is 10.1. The molecule has 0 radical (unpaired) electrons. The predicted octanol–water partition coefficient (Wildman–Crippen LogP) is 0.789. The van der Waals surface area contributed by atoms with E-state index in [1.165, 1.54) is 9.47 Å². The minimum Gasteiger partial charge on any atom is -1.00 e. The zero-order valence-electron chi connectivity index (χ0n) is 12.1. The summed E-state index contributed by atoms with van der Waals surface area (Å²) in [7, 11) is 0. The van der Waals surface area contributed by atoms with Crippen LogP contribution in [-0.2, 0) is 14.3 Å². The third-order valence-electron chi connectivity index (χ3n) is 1.87. The first kappa shape index (κ1) is 26.7. The summed E-state index contributed by atoms with van der Waals surface area (Å²) in [5, 5.41) is 7.63. The van der Waals surface area contributed by atoms with Gasteiger partial charge in [0.15, 0.2) is 0 Å². The van der Waals surface area contributed by atoms with Crippen LogP contribution in [0, 0.1) is 0 Å². The second-order valence-electron chi connectivity index (χ2n) is 3.65. The number of rotatable bonds is 7. The molecule has 0 aliphatic heterocycles. The molecule has 0 fully saturated rings. The van der Waals surface area contributed by atoms with Crippen LogP contribution in [0.25, 0.3) is 0 Å². The smallest absolute Gasteiger partial charge is 1.00 e. The molecule has 0 unspecified atom stereocenters. The predicted molar refractivity (Wildman–Crippen MR) is 41.7 cm³/mol. The van der Waals surface area contributed by atoms with Crippen LogP contribution >= 0.6 is 0 Å². The summed E-state index contributed by atoms with van der Waals surface area (Å²) in [6.07, 6.45) is -28.4. The maximum atomic E-state index is 12.7. The molecule has 0 aliphatic rings. The van der Waals surface area contributed by atoms with Crippen molar-refractivity contribution in [2.45, 2.75) is 36.5 Å². The SMILES string of the molecule is O=C(O)C(F)(F)C(F)(F)OC(F)(F)C(F)(F)C(F)(F)OC(F)(F)F.[H-].[Na+]. The molecule has 1 N–H and O–H groups in total. The molecule has 0 heterocycles. The van der Waals surface area contributed by atoms with E-state index in [-0.39, 0.29) is 31.0 Å². The van der Waals surface area contributed by atoms with Crippen LogP contribution in [0.2, 0.25) is 0 Å². The maximum Gasteiger partial charge on any atom is 1.00 e. The topological polar surface area (TPSA) is 55.8 Å². The van der Waals surface area contributed by atoms with Crippen LogP contribution in [0.4, 0.5) is 57.1 Å². The number of alkyl halides is 13. The third kappa shape index (κ3) is 5.48. The van der Waals surface area contributed by atoms with Crippen molar-refractivity contribution in [2.24, 2.45) is 0 Å². The fourth-order valence-corrected chi connectivity index (χ4v) is 0.793. The second-order valence-corrected chi connectivity index (χ2v) is 3.65. The van der Waals surface area contributed by atoms with Crippen molar-refractivity contribution in [3.05, 3.63) is 0 Å². The van der Waals surface area contributed by atoms with Crippen molar-refractivity contribution < 1.29 is 107 Å². The average molecular weight is 420 g/mol. The van der Waals surface area contributed by atoms with Crippen LogP contribution in [0.15, 0.2) is 0 Å². The average Bonchev–Trinajstić information content (AvgIpc) is 2.22. The van der Waals surface area contributed by atoms with Crippen LogP contribution in [0.3, 0.4) is 0 Å². The minimum atomic E-state index is -7.58. The molecule has 0 bridgehead atoms. The molecule has 146 valence electrons. The summed E-state index contributed by atoms with van der Waals surface area (Å²) < 4.78 is 162. The van der Waals surface area contributed by atoms with E-state index in [0.717, 1.165) is 0 Å². The van der Waals surface area contributed by atoms with E-state index in [4.69, 9.17) is 5.11 Å². The van der Waals surface area contributed by atoms with Crippen LogP contribution in [0.5, 0.6) is 0 Å². The zero-order valence-corrected chi connectivity index (χ0v) is 13.1. The molecule has 0 saturated heterocycles. The van der Waals surface area contributed by atoms with Gasteiger partial charge in [-0.05, 0) is 0 Å². The fourth-order valence-electron chi connectivity index (χ4n) is 0.793. The quantitative estimate of drug-likeness (QED) is 0.489. The number of hydrogen-bond donors (Lipinski definition) is 1. The van der Waals surface area contributed by atoms with Gasteiger partial charge >= 0.3 is 72.1 Å². The Morgan fingerprint density at radius 3 is 1.28 bits per heavy atom. The standard InChI is InChI=1S/C7HF13O4.Na.H/c8-2(9,1(21)22)4(12,13)23-5(14,15)3(10,11)6(16,17)24-7(18,19)20;;/h(H,21,22);;/q;+1;-1. The molecule has 0 aromatic carbocycles. The molecule has 0 aliphatic carbocycles. The van der Waals surface area contributed by atoms with Crippen LogP contribution in [0.1, 0.15) is 1.43 Å². The van der Waals surface area contributed by atoms with Gasteiger partial charge in [-0.1, -0.05) is 0 Å². The van der Waals surface area contributed by atoms with Crippen molar-refractivity contribution in [3.63, 3.8) is 0 Å². The van der Waals surface area contributed by atoms with Crippen molar-refractivity contribution in [1.29, 1.82) is 0 Å². The Kier molecular flexibility index (Phi) is 7.74. The third-order valence-corrected chi connectivity index (χ3v) is 1.87. The summed E-state index contributed by atoms with van der Waals surface area (Å²) >= 11 is 0. The molecule has 0 aromatic heterocycles. The number of carboxylic acids is 1.